The van der Waals surface area contributed by atoms with E-state index in [1.54, 1.807) is 0 Å². The normalized spacial score (nSPS) is 16.2. The summed E-state index contributed by atoms with van der Waals surface area (Å²) >= 11 is 3.47. The highest BCUT2D eigenvalue weighted by Crippen LogP contribution is 2.10. The molecule has 0 rings (SSSR count). The third-order valence-corrected chi connectivity index (χ3v) is 1.42. The second-order valence-electron chi connectivity index (χ2n) is 2.12. The van der Waals surface area contributed by atoms with Crippen LogP contribution in [0.15, 0.2) is 11.6 Å². The van der Waals surface area contributed by atoms with E-state index < -0.39 is 0 Å². The predicted molar refractivity (Wildman–Crippen MR) is 42.4 cm³/mol. The molecule has 0 bridgehead atoms. The van der Waals surface area contributed by atoms with Crippen LogP contribution in [0.1, 0.15) is 27.2 Å². The van der Waals surface area contributed by atoms with E-state index in [4.69, 9.17) is 0 Å². The minimum atomic E-state index is 0.624. The fraction of sp³-hybridized carbons (Fsp3) is 0.714. The summed E-state index contributed by atoms with van der Waals surface area (Å²) in [6, 6.07) is 0. The molecule has 0 aromatic heterocycles. The maximum atomic E-state index is 3.47. The molecule has 0 aliphatic carbocycles. The molecule has 0 aromatic carbocycles. The Morgan fingerprint density at radius 2 is 2.25 bits per heavy atom. The zero-order chi connectivity index (χ0) is 6.57. The molecule has 0 N–H and O–H groups in total. The topological polar surface area (TPSA) is 0 Å². The van der Waals surface area contributed by atoms with E-state index in [0.29, 0.717) is 4.83 Å². The zero-order valence-electron chi connectivity index (χ0n) is 5.74. The van der Waals surface area contributed by atoms with Crippen LogP contribution in [0.5, 0.6) is 0 Å². The van der Waals surface area contributed by atoms with Gasteiger partial charge in [0.2, 0.25) is 0 Å². The highest BCUT2D eigenvalue weighted by atomic mass is 79.9. The van der Waals surface area contributed by atoms with Gasteiger partial charge in [-0.05, 0) is 20.3 Å². The van der Waals surface area contributed by atoms with Gasteiger partial charge >= 0.3 is 0 Å². The monoisotopic (exact) mass is 176 g/mol. The van der Waals surface area contributed by atoms with Crippen LogP contribution in [-0.4, -0.2) is 4.83 Å². The van der Waals surface area contributed by atoms with Crippen LogP contribution in [0.2, 0.25) is 0 Å². The van der Waals surface area contributed by atoms with Crippen LogP contribution in [0.3, 0.4) is 0 Å². The lowest BCUT2D eigenvalue weighted by Crippen LogP contribution is -1.89. The van der Waals surface area contributed by atoms with Gasteiger partial charge in [-0.15, -0.1) is 0 Å². The molecular formula is C7H13Br. The first-order valence-electron chi connectivity index (χ1n) is 2.92. The van der Waals surface area contributed by atoms with Gasteiger partial charge in [0, 0.05) is 4.83 Å². The SMILES string of the molecule is C/C=C(/C)CC(C)Br. The smallest absolute Gasteiger partial charge is 0.0154 e. The van der Waals surface area contributed by atoms with Gasteiger partial charge in [0.1, 0.15) is 0 Å². The molecule has 1 unspecified atom stereocenters. The highest BCUT2D eigenvalue weighted by Gasteiger charge is 1.93. The Labute approximate surface area is 60.1 Å². The van der Waals surface area contributed by atoms with Gasteiger partial charge < -0.3 is 0 Å². The zero-order valence-corrected chi connectivity index (χ0v) is 7.33. The molecule has 48 valence electrons. The van der Waals surface area contributed by atoms with E-state index in [1.807, 2.05) is 0 Å². The summed E-state index contributed by atoms with van der Waals surface area (Å²) in [6.45, 7) is 6.38. The molecule has 0 amide bonds. The molecule has 0 saturated carbocycles. The van der Waals surface area contributed by atoms with Crippen molar-refractivity contribution in [1.29, 1.82) is 0 Å². The van der Waals surface area contributed by atoms with E-state index in [-0.39, 0.29) is 0 Å². The van der Waals surface area contributed by atoms with Crippen LogP contribution < -0.4 is 0 Å². The summed E-state index contributed by atoms with van der Waals surface area (Å²) in [6.07, 6.45) is 3.31. The molecule has 0 aromatic rings. The number of alkyl halides is 1. The number of allylic oxidation sites excluding steroid dienone is 2. The number of halogens is 1. The van der Waals surface area contributed by atoms with E-state index in [1.165, 1.54) is 5.57 Å². The second kappa shape index (κ2) is 4.13. The van der Waals surface area contributed by atoms with Crippen molar-refractivity contribution in [2.45, 2.75) is 32.0 Å². The lowest BCUT2D eigenvalue weighted by atomic mass is 10.2. The van der Waals surface area contributed by atoms with Gasteiger partial charge in [0.05, 0.1) is 0 Å². The molecular weight excluding hydrogens is 164 g/mol. The van der Waals surface area contributed by atoms with Crippen molar-refractivity contribution in [2.75, 3.05) is 0 Å². The lowest BCUT2D eigenvalue weighted by Gasteiger charge is -2.00. The fourth-order valence-electron chi connectivity index (χ4n) is 0.562. The van der Waals surface area contributed by atoms with Crippen LogP contribution in [0.4, 0.5) is 0 Å². The molecule has 0 nitrogen and oxygen atoms in total. The average Bonchev–Trinajstić information content (AvgIpc) is 1.65. The Kier molecular flexibility index (Phi) is 4.25. The van der Waals surface area contributed by atoms with Gasteiger partial charge in [0.15, 0.2) is 0 Å². The summed E-state index contributed by atoms with van der Waals surface area (Å²) in [5, 5.41) is 0. The average molecular weight is 177 g/mol. The Hall–Kier alpha value is 0.220. The van der Waals surface area contributed by atoms with Crippen molar-refractivity contribution >= 4 is 15.9 Å². The first-order valence-corrected chi connectivity index (χ1v) is 3.84. The molecule has 0 aliphatic rings. The third kappa shape index (κ3) is 4.38. The van der Waals surface area contributed by atoms with Crippen LogP contribution in [0.25, 0.3) is 0 Å². The number of rotatable bonds is 2. The van der Waals surface area contributed by atoms with Gasteiger partial charge in [-0.3, -0.25) is 0 Å². The predicted octanol–water partition coefficient (Wildman–Crippen LogP) is 3.13. The first kappa shape index (κ1) is 8.22. The fourth-order valence-corrected chi connectivity index (χ4v) is 1.07. The van der Waals surface area contributed by atoms with Crippen LogP contribution >= 0.6 is 15.9 Å². The van der Waals surface area contributed by atoms with Crippen molar-refractivity contribution in [3.05, 3.63) is 11.6 Å². The summed E-state index contributed by atoms with van der Waals surface area (Å²) < 4.78 is 0. The van der Waals surface area contributed by atoms with E-state index in [0.717, 1.165) is 6.42 Å². The molecule has 1 atom stereocenters. The van der Waals surface area contributed by atoms with Crippen LogP contribution in [-0.2, 0) is 0 Å². The Morgan fingerprint density at radius 3 is 2.38 bits per heavy atom. The Balaban J connectivity index is 3.39. The van der Waals surface area contributed by atoms with E-state index >= 15 is 0 Å². The van der Waals surface area contributed by atoms with Crippen molar-refractivity contribution in [3.8, 4) is 0 Å². The lowest BCUT2D eigenvalue weighted by molar-refractivity contribution is 0.938. The minimum Gasteiger partial charge on any atom is -0.0890 e. The molecule has 0 spiro atoms. The molecule has 0 saturated heterocycles. The molecule has 0 heterocycles. The summed E-state index contributed by atoms with van der Waals surface area (Å²) in [5.41, 5.74) is 1.45. The first-order chi connectivity index (χ1) is 3.66. The minimum absolute atomic E-state index is 0.624. The Morgan fingerprint density at radius 1 is 1.75 bits per heavy atom. The summed E-state index contributed by atoms with van der Waals surface area (Å²) in [5.74, 6) is 0. The van der Waals surface area contributed by atoms with Crippen molar-refractivity contribution < 1.29 is 0 Å². The third-order valence-electron chi connectivity index (χ3n) is 1.10. The summed E-state index contributed by atoms with van der Waals surface area (Å²) in [4.78, 5) is 0.624. The highest BCUT2D eigenvalue weighted by molar-refractivity contribution is 9.09. The second-order valence-corrected chi connectivity index (χ2v) is 3.68. The van der Waals surface area contributed by atoms with Crippen LogP contribution in [0, 0.1) is 0 Å². The van der Waals surface area contributed by atoms with Gasteiger partial charge in [-0.2, -0.15) is 0 Å². The molecule has 0 aliphatic heterocycles. The molecule has 8 heavy (non-hydrogen) atoms. The maximum absolute atomic E-state index is 3.47. The Bertz CT molecular complexity index is 82.4. The maximum Gasteiger partial charge on any atom is 0.0154 e. The van der Waals surface area contributed by atoms with Crippen molar-refractivity contribution in [3.63, 3.8) is 0 Å². The van der Waals surface area contributed by atoms with Gasteiger partial charge in [-0.25, -0.2) is 0 Å². The molecule has 1 heteroatoms. The quantitative estimate of drug-likeness (QED) is 0.449. The number of hydrogen-bond donors (Lipinski definition) is 0. The number of hydrogen-bond acceptors (Lipinski definition) is 0. The molecule has 0 radical (unpaired) electrons. The largest absolute Gasteiger partial charge is 0.0890 e. The van der Waals surface area contributed by atoms with Gasteiger partial charge in [-0.1, -0.05) is 34.5 Å². The van der Waals surface area contributed by atoms with E-state index in [9.17, 15) is 0 Å². The van der Waals surface area contributed by atoms with E-state index in [2.05, 4.69) is 42.8 Å². The molecule has 0 fully saturated rings. The van der Waals surface area contributed by atoms with Crippen molar-refractivity contribution in [2.24, 2.45) is 0 Å². The summed E-state index contributed by atoms with van der Waals surface area (Å²) in [7, 11) is 0. The van der Waals surface area contributed by atoms with Gasteiger partial charge in [0.25, 0.3) is 0 Å². The standard InChI is InChI=1S/C7H13Br/c1-4-6(2)5-7(3)8/h4,7H,5H2,1-3H3/b6-4-. The van der Waals surface area contributed by atoms with Crippen molar-refractivity contribution in [1.82, 2.24) is 0 Å².